The summed E-state index contributed by atoms with van der Waals surface area (Å²) in [5.41, 5.74) is 8.40. The molecule has 0 radical (unpaired) electrons. The van der Waals surface area contributed by atoms with Gasteiger partial charge < -0.3 is 15.2 Å². The Labute approximate surface area is 122 Å². The van der Waals surface area contributed by atoms with E-state index < -0.39 is 0 Å². The third-order valence-corrected chi connectivity index (χ3v) is 4.34. The van der Waals surface area contributed by atoms with Gasteiger partial charge in [0.2, 0.25) is 0 Å². The molecule has 0 aliphatic heterocycles. The maximum Gasteiger partial charge on any atom is 0.124 e. The zero-order valence-electron chi connectivity index (χ0n) is 12.9. The summed E-state index contributed by atoms with van der Waals surface area (Å²) in [7, 11) is 1.70. The van der Waals surface area contributed by atoms with Crippen LogP contribution in [0.2, 0.25) is 0 Å². The summed E-state index contributed by atoms with van der Waals surface area (Å²) >= 11 is 0. The Bertz CT molecular complexity index is 433. The second-order valence-corrected chi connectivity index (χ2v) is 6.52. The molecule has 1 aromatic carbocycles. The van der Waals surface area contributed by atoms with E-state index in [1.54, 1.807) is 7.11 Å². The first kappa shape index (κ1) is 15.3. The van der Waals surface area contributed by atoms with Crippen molar-refractivity contribution in [3.8, 4) is 5.75 Å². The van der Waals surface area contributed by atoms with Crippen molar-refractivity contribution >= 4 is 0 Å². The lowest BCUT2D eigenvalue weighted by Gasteiger charge is -2.34. The van der Waals surface area contributed by atoms with Crippen LogP contribution in [0.3, 0.4) is 0 Å². The molecule has 2 rings (SSSR count). The topological polar surface area (TPSA) is 44.5 Å². The highest BCUT2D eigenvalue weighted by Gasteiger charge is 2.27. The minimum atomic E-state index is 0.384. The van der Waals surface area contributed by atoms with Crippen LogP contribution in [-0.4, -0.2) is 13.2 Å². The lowest BCUT2D eigenvalue weighted by Crippen LogP contribution is -2.26. The quantitative estimate of drug-likeness (QED) is 0.893. The maximum atomic E-state index is 6.08. The third kappa shape index (κ3) is 3.97. The van der Waals surface area contributed by atoms with Gasteiger partial charge in [0.25, 0.3) is 0 Å². The molecule has 1 aliphatic rings. The second-order valence-electron chi connectivity index (χ2n) is 6.52. The van der Waals surface area contributed by atoms with E-state index in [2.05, 4.69) is 19.9 Å². The van der Waals surface area contributed by atoms with E-state index in [-0.39, 0.29) is 0 Å². The average Bonchev–Trinajstić information content (AvgIpc) is 2.45. The molecule has 1 aliphatic carbocycles. The van der Waals surface area contributed by atoms with Gasteiger partial charge in [0.05, 0.1) is 19.8 Å². The van der Waals surface area contributed by atoms with Crippen LogP contribution in [0.1, 0.15) is 50.7 Å². The number of nitrogens with two attached hydrogens (primary N) is 1. The number of rotatable bonds is 5. The van der Waals surface area contributed by atoms with Gasteiger partial charge in [-0.2, -0.15) is 0 Å². The van der Waals surface area contributed by atoms with Crippen molar-refractivity contribution in [2.45, 2.75) is 58.8 Å². The van der Waals surface area contributed by atoms with Crippen LogP contribution in [-0.2, 0) is 17.9 Å². The first-order chi connectivity index (χ1) is 9.54. The number of hydrogen-bond donors (Lipinski definition) is 1. The minimum absolute atomic E-state index is 0.384. The van der Waals surface area contributed by atoms with E-state index in [0.717, 1.165) is 29.7 Å². The van der Waals surface area contributed by atoms with Crippen LogP contribution in [0.5, 0.6) is 5.75 Å². The van der Waals surface area contributed by atoms with Crippen LogP contribution in [0.15, 0.2) is 18.2 Å². The van der Waals surface area contributed by atoms with Crippen LogP contribution < -0.4 is 10.5 Å². The fourth-order valence-electron chi connectivity index (χ4n) is 2.82. The lowest BCUT2D eigenvalue weighted by atomic mass is 9.76. The fourth-order valence-corrected chi connectivity index (χ4v) is 2.82. The number of ether oxygens (including phenoxy) is 2. The summed E-state index contributed by atoms with van der Waals surface area (Å²) in [6.45, 7) is 5.85. The number of hydrogen-bond acceptors (Lipinski definition) is 3. The molecule has 0 aromatic heterocycles. The number of benzene rings is 1. The smallest absolute Gasteiger partial charge is 0.124 e. The molecule has 0 amide bonds. The predicted octanol–water partition coefficient (Wildman–Crippen LogP) is 3.64. The van der Waals surface area contributed by atoms with E-state index in [0.29, 0.717) is 24.7 Å². The Hall–Kier alpha value is -1.06. The highest BCUT2D eigenvalue weighted by atomic mass is 16.5. The van der Waals surface area contributed by atoms with E-state index in [4.69, 9.17) is 15.2 Å². The zero-order chi connectivity index (χ0) is 14.6. The summed E-state index contributed by atoms with van der Waals surface area (Å²) in [5, 5.41) is 0. The Morgan fingerprint density at radius 2 is 1.95 bits per heavy atom. The Balaban J connectivity index is 1.93. The van der Waals surface area contributed by atoms with Gasteiger partial charge in [-0.15, -0.1) is 0 Å². The molecule has 3 nitrogen and oxygen atoms in total. The first-order valence-corrected chi connectivity index (χ1v) is 7.51. The molecule has 0 bridgehead atoms. The Morgan fingerprint density at radius 1 is 1.25 bits per heavy atom. The summed E-state index contributed by atoms with van der Waals surface area (Å²) in [4.78, 5) is 0. The summed E-state index contributed by atoms with van der Waals surface area (Å²) < 4.78 is 11.5. The molecular weight excluding hydrogens is 250 g/mol. The van der Waals surface area contributed by atoms with Crippen LogP contribution >= 0.6 is 0 Å². The largest absolute Gasteiger partial charge is 0.496 e. The maximum absolute atomic E-state index is 6.08. The molecule has 1 aromatic rings. The monoisotopic (exact) mass is 277 g/mol. The van der Waals surface area contributed by atoms with E-state index in [9.17, 15) is 0 Å². The SMILES string of the molecule is COc1ccc(CN)cc1COC1CCC(C)(C)CC1. The van der Waals surface area contributed by atoms with Gasteiger partial charge in [-0.1, -0.05) is 19.9 Å². The summed E-state index contributed by atoms with van der Waals surface area (Å²) in [5.74, 6) is 0.887. The highest BCUT2D eigenvalue weighted by molar-refractivity contribution is 5.36. The van der Waals surface area contributed by atoms with Gasteiger partial charge in [-0.25, -0.2) is 0 Å². The van der Waals surface area contributed by atoms with Gasteiger partial charge >= 0.3 is 0 Å². The molecule has 0 unspecified atom stereocenters. The fraction of sp³-hybridized carbons (Fsp3) is 0.647. The Morgan fingerprint density at radius 3 is 2.55 bits per heavy atom. The van der Waals surface area contributed by atoms with E-state index in [1.165, 1.54) is 12.8 Å². The van der Waals surface area contributed by atoms with Crippen molar-refractivity contribution in [1.82, 2.24) is 0 Å². The summed E-state index contributed by atoms with van der Waals surface area (Å²) in [6.07, 6.45) is 5.20. The van der Waals surface area contributed by atoms with E-state index in [1.807, 2.05) is 12.1 Å². The molecule has 1 fully saturated rings. The first-order valence-electron chi connectivity index (χ1n) is 7.51. The molecule has 3 heteroatoms. The molecule has 0 heterocycles. The standard InChI is InChI=1S/C17H27NO2/c1-17(2)8-6-15(7-9-17)20-12-14-10-13(11-18)4-5-16(14)19-3/h4-5,10,15H,6-9,11-12,18H2,1-3H3. The van der Waals surface area contributed by atoms with Crippen molar-refractivity contribution < 1.29 is 9.47 Å². The molecule has 2 N–H and O–H groups in total. The molecule has 0 saturated heterocycles. The normalized spacial score (nSPS) is 19.0. The van der Waals surface area contributed by atoms with Crippen molar-refractivity contribution in [3.63, 3.8) is 0 Å². The molecule has 20 heavy (non-hydrogen) atoms. The minimum Gasteiger partial charge on any atom is -0.496 e. The molecule has 1 saturated carbocycles. The zero-order valence-corrected chi connectivity index (χ0v) is 12.9. The van der Waals surface area contributed by atoms with Crippen LogP contribution in [0.25, 0.3) is 0 Å². The summed E-state index contributed by atoms with van der Waals surface area (Å²) in [6, 6.07) is 6.07. The van der Waals surface area contributed by atoms with Crippen molar-refractivity contribution in [2.75, 3.05) is 7.11 Å². The van der Waals surface area contributed by atoms with Gasteiger partial charge in [0.1, 0.15) is 5.75 Å². The Kier molecular flexibility index (Phi) is 5.06. The molecule has 0 spiro atoms. The molecule has 0 atom stereocenters. The van der Waals surface area contributed by atoms with Gasteiger partial charge in [-0.3, -0.25) is 0 Å². The van der Waals surface area contributed by atoms with Crippen molar-refractivity contribution in [1.29, 1.82) is 0 Å². The molecular formula is C17H27NO2. The van der Waals surface area contributed by atoms with Crippen LogP contribution in [0.4, 0.5) is 0 Å². The third-order valence-electron chi connectivity index (χ3n) is 4.34. The predicted molar refractivity (Wildman–Crippen MR) is 81.7 cm³/mol. The van der Waals surface area contributed by atoms with E-state index >= 15 is 0 Å². The average molecular weight is 277 g/mol. The lowest BCUT2D eigenvalue weighted by molar-refractivity contribution is -0.00623. The van der Waals surface area contributed by atoms with Gasteiger partial charge in [0.15, 0.2) is 0 Å². The number of methoxy groups -OCH3 is 1. The second kappa shape index (κ2) is 6.59. The van der Waals surface area contributed by atoms with Crippen LogP contribution in [0, 0.1) is 5.41 Å². The van der Waals surface area contributed by atoms with Crippen molar-refractivity contribution in [3.05, 3.63) is 29.3 Å². The highest BCUT2D eigenvalue weighted by Crippen LogP contribution is 2.36. The van der Waals surface area contributed by atoms with Crippen molar-refractivity contribution in [2.24, 2.45) is 11.1 Å². The van der Waals surface area contributed by atoms with Gasteiger partial charge in [-0.05, 0) is 48.8 Å². The molecule has 112 valence electrons. The van der Waals surface area contributed by atoms with Gasteiger partial charge in [0, 0.05) is 12.1 Å².